The highest BCUT2D eigenvalue weighted by Crippen LogP contribution is 2.27. The van der Waals surface area contributed by atoms with Crippen LogP contribution < -0.4 is 11.1 Å². The number of hydrogen-bond donors (Lipinski definition) is 2. The highest BCUT2D eigenvalue weighted by molar-refractivity contribution is 6.26. The third-order valence-corrected chi connectivity index (χ3v) is 3.37. The predicted octanol–water partition coefficient (Wildman–Crippen LogP) is 1.27. The number of benzene rings is 1. The number of halogens is 1. The number of Topliss-reactive ketones (excluding diaryl/α,β-unsaturated/α-hetero) is 2. The first-order chi connectivity index (χ1) is 9.56. The Labute approximate surface area is 129 Å². The van der Waals surface area contributed by atoms with Gasteiger partial charge in [-0.15, -0.1) is 12.4 Å². The van der Waals surface area contributed by atoms with Gasteiger partial charge in [0.05, 0.1) is 6.54 Å². The molecule has 0 saturated heterocycles. The van der Waals surface area contributed by atoms with Crippen molar-refractivity contribution in [1.29, 1.82) is 0 Å². The normalized spacial score (nSPS) is 13.6. The largest absolute Gasteiger partial charge is 0.355 e. The molecule has 0 heterocycles. The summed E-state index contributed by atoms with van der Waals surface area (Å²) < 4.78 is 0. The van der Waals surface area contributed by atoms with E-state index in [9.17, 15) is 14.4 Å². The fourth-order valence-electron chi connectivity index (χ4n) is 2.25. The van der Waals surface area contributed by atoms with E-state index in [-0.39, 0.29) is 36.4 Å². The van der Waals surface area contributed by atoms with Crippen molar-refractivity contribution in [2.75, 3.05) is 13.1 Å². The Morgan fingerprint density at radius 2 is 1.71 bits per heavy atom. The number of amides is 1. The molecule has 0 unspecified atom stereocenters. The summed E-state index contributed by atoms with van der Waals surface area (Å²) >= 11 is 0. The van der Waals surface area contributed by atoms with Crippen molar-refractivity contribution >= 4 is 29.9 Å². The predicted molar refractivity (Wildman–Crippen MR) is 81.7 cm³/mol. The van der Waals surface area contributed by atoms with E-state index in [1.165, 1.54) is 0 Å². The molecule has 21 heavy (non-hydrogen) atoms. The van der Waals surface area contributed by atoms with Crippen molar-refractivity contribution < 1.29 is 14.4 Å². The monoisotopic (exact) mass is 308 g/mol. The fourth-order valence-corrected chi connectivity index (χ4v) is 2.25. The summed E-state index contributed by atoms with van der Waals surface area (Å²) in [6, 6.07) is 6.79. The zero-order valence-corrected chi connectivity index (χ0v) is 12.5. The molecule has 0 fully saturated rings. The van der Waals surface area contributed by atoms with Gasteiger partial charge in [-0.05, 0) is 13.3 Å². The van der Waals surface area contributed by atoms with Crippen LogP contribution in [0.4, 0.5) is 0 Å². The van der Waals surface area contributed by atoms with E-state index in [0.29, 0.717) is 35.2 Å². The van der Waals surface area contributed by atoms with Crippen molar-refractivity contribution in [1.82, 2.24) is 5.32 Å². The van der Waals surface area contributed by atoms with Gasteiger partial charge in [0.2, 0.25) is 5.91 Å². The molecule has 112 valence electrons. The molecule has 0 bridgehead atoms. The molecular formula is C15H17ClN2O3. The summed E-state index contributed by atoms with van der Waals surface area (Å²) in [5.41, 5.74) is 6.99. The lowest BCUT2D eigenvalue weighted by atomic mass is 9.83. The van der Waals surface area contributed by atoms with E-state index in [1.807, 2.05) is 0 Å². The molecule has 1 aromatic rings. The second-order valence-electron chi connectivity index (χ2n) is 4.61. The van der Waals surface area contributed by atoms with Gasteiger partial charge in [0.25, 0.3) is 0 Å². The van der Waals surface area contributed by atoms with Crippen LogP contribution in [0.25, 0.3) is 0 Å². The molecule has 0 radical (unpaired) electrons. The molecule has 1 amide bonds. The first-order valence-corrected chi connectivity index (χ1v) is 6.41. The highest BCUT2D eigenvalue weighted by Gasteiger charge is 2.28. The van der Waals surface area contributed by atoms with Crippen molar-refractivity contribution in [3.05, 3.63) is 46.5 Å². The Morgan fingerprint density at radius 1 is 1.14 bits per heavy atom. The fraction of sp³-hybridized carbons (Fsp3) is 0.267. The number of rotatable bonds is 4. The van der Waals surface area contributed by atoms with Crippen molar-refractivity contribution in [2.45, 2.75) is 13.3 Å². The van der Waals surface area contributed by atoms with Crippen molar-refractivity contribution in [3.63, 3.8) is 0 Å². The average molecular weight is 309 g/mol. The van der Waals surface area contributed by atoms with Crippen LogP contribution in [0.2, 0.25) is 0 Å². The van der Waals surface area contributed by atoms with Gasteiger partial charge in [0, 0.05) is 28.8 Å². The second-order valence-corrected chi connectivity index (χ2v) is 4.61. The number of hydrogen-bond acceptors (Lipinski definition) is 4. The SMILES string of the molecule is CC1=C(CCNC(=O)CN)C(=O)c2ccccc2C1=O.Cl. The Hall–Kier alpha value is -1.98. The Bertz CT molecular complexity index is 623. The molecule has 3 N–H and O–H groups in total. The number of carbonyl (C=O) groups is 3. The van der Waals surface area contributed by atoms with Crippen LogP contribution in [-0.2, 0) is 4.79 Å². The first-order valence-electron chi connectivity index (χ1n) is 6.41. The molecule has 1 aliphatic rings. The van der Waals surface area contributed by atoms with Gasteiger partial charge in [0.15, 0.2) is 11.6 Å². The molecule has 2 rings (SSSR count). The van der Waals surface area contributed by atoms with E-state index < -0.39 is 0 Å². The third kappa shape index (κ3) is 3.37. The van der Waals surface area contributed by atoms with Crippen molar-refractivity contribution in [2.24, 2.45) is 5.73 Å². The molecule has 0 saturated carbocycles. The molecule has 1 aliphatic carbocycles. The number of nitrogens with two attached hydrogens (primary N) is 1. The maximum Gasteiger partial charge on any atom is 0.233 e. The lowest BCUT2D eigenvalue weighted by molar-refractivity contribution is -0.119. The molecule has 0 aliphatic heterocycles. The zero-order chi connectivity index (χ0) is 14.7. The van der Waals surface area contributed by atoms with Gasteiger partial charge in [-0.25, -0.2) is 0 Å². The molecular weight excluding hydrogens is 292 g/mol. The lowest BCUT2D eigenvalue weighted by Crippen LogP contribution is -2.32. The van der Waals surface area contributed by atoms with Crippen LogP contribution in [0.3, 0.4) is 0 Å². The molecule has 1 aromatic carbocycles. The smallest absolute Gasteiger partial charge is 0.233 e. The van der Waals surface area contributed by atoms with Crippen LogP contribution in [-0.4, -0.2) is 30.6 Å². The Balaban J connectivity index is 0.00000220. The van der Waals surface area contributed by atoms with E-state index in [4.69, 9.17) is 5.73 Å². The van der Waals surface area contributed by atoms with E-state index in [2.05, 4.69) is 5.32 Å². The highest BCUT2D eigenvalue weighted by atomic mass is 35.5. The topological polar surface area (TPSA) is 89.3 Å². The van der Waals surface area contributed by atoms with Gasteiger partial charge in [0.1, 0.15) is 0 Å². The molecule has 0 atom stereocenters. The zero-order valence-electron chi connectivity index (χ0n) is 11.6. The minimum Gasteiger partial charge on any atom is -0.355 e. The van der Waals surface area contributed by atoms with Gasteiger partial charge < -0.3 is 11.1 Å². The summed E-state index contributed by atoms with van der Waals surface area (Å²) in [5, 5.41) is 2.60. The van der Waals surface area contributed by atoms with Crippen LogP contribution >= 0.6 is 12.4 Å². The van der Waals surface area contributed by atoms with Gasteiger partial charge >= 0.3 is 0 Å². The van der Waals surface area contributed by atoms with Crippen LogP contribution in [0.5, 0.6) is 0 Å². The molecule has 5 nitrogen and oxygen atoms in total. The third-order valence-electron chi connectivity index (χ3n) is 3.37. The minimum atomic E-state index is -0.279. The summed E-state index contributed by atoms with van der Waals surface area (Å²) in [5.74, 6) is -0.543. The molecule has 0 aromatic heterocycles. The maximum absolute atomic E-state index is 12.4. The average Bonchev–Trinajstić information content (AvgIpc) is 2.48. The number of carbonyl (C=O) groups excluding carboxylic acids is 3. The van der Waals surface area contributed by atoms with Gasteiger partial charge in [-0.3, -0.25) is 14.4 Å². The Kier molecular flexibility index (Phi) is 5.81. The Morgan fingerprint density at radius 3 is 2.29 bits per heavy atom. The van der Waals surface area contributed by atoms with Gasteiger partial charge in [-0.1, -0.05) is 24.3 Å². The molecule has 0 spiro atoms. The summed E-state index contributed by atoms with van der Waals surface area (Å²) in [6.07, 6.45) is 0.330. The van der Waals surface area contributed by atoms with Crippen LogP contribution in [0.1, 0.15) is 34.1 Å². The molecule has 6 heteroatoms. The van der Waals surface area contributed by atoms with Crippen molar-refractivity contribution in [3.8, 4) is 0 Å². The number of nitrogens with one attached hydrogen (secondary N) is 1. The first kappa shape index (κ1) is 17.1. The van der Waals surface area contributed by atoms with Crippen LogP contribution in [0, 0.1) is 0 Å². The van der Waals surface area contributed by atoms with E-state index >= 15 is 0 Å². The van der Waals surface area contributed by atoms with E-state index in [1.54, 1.807) is 31.2 Å². The second kappa shape index (κ2) is 7.15. The lowest BCUT2D eigenvalue weighted by Gasteiger charge is -2.19. The number of ketones is 2. The number of allylic oxidation sites excluding steroid dienone is 1. The van der Waals surface area contributed by atoms with Gasteiger partial charge in [-0.2, -0.15) is 0 Å². The van der Waals surface area contributed by atoms with Crippen LogP contribution in [0.15, 0.2) is 35.4 Å². The summed E-state index contributed by atoms with van der Waals surface area (Å²) in [7, 11) is 0. The van der Waals surface area contributed by atoms with E-state index in [0.717, 1.165) is 0 Å². The maximum atomic E-state index is 12.4. The quantitative estimate of drug-likeness (QED) is 0.876. The minimum absolute atomic E-state index is 0. The summed E-state index contributed by atoms with van der Waals surface area (Å²) in [6.45, 7) is 1.86. The standard InChI is InChI=1S/C15H16N2O3.ClH/c1-9-10(6-7-17-13(18)8-16)15(20)12-5-3-2-4-11(12)14(9)19;/h2-5H,6-8,16H2,1H3,(H,17,18);1H. The number of fused-ring (bicyclic) bond motifs is 1. The summed E-state index contributed by atoms with van der Waals surface area (Å²) in [4.78, 5) is 35.7.